The Bertz CT molecular complexity index is 612. The van der Waals surface area contributed by atoms with Crippen molar-refractivity contribution < 1.29 is 4.74 Å². The average Bonchev–Trinajstić information content (AvgIpc) is 3.16. The minimum atomic E-state index is 0.626. The van der Waals surface area contributed by atoms with Crippen molar-refractivity contribution in [1.82, 2.24) is 20.0 Å². The highest BCUT2D eigenvalue weighted by Crippen LogP contribution is 2.17. The molecule has 0 spiro atoms. The molecule has 1 unspecified atom stereocenters. The van der Waals surface area contributed by atoms with Crippen LogP contribution >= 0.6 is 0 Å². The number of rotatable bonds is 6. The molecular formula is C21H35N5O. The number of likely N-dealkylation sites (tertiary alicyclic amines) is 1. The fourth-order valence-electron chi connectivity index (χ4n) is 3.96. The fraction of sp³-hybridized carbons (Fsp3) is 0.667. The van der Waals surface area contributed by atoms with Crippen molar-refractivity contribution in [3.05, 3.63) is 35.4 Å². The number of hydrogen-bond acceptors (Lipinski definition) is 4. The topological polar surface area (TPSA) is 43.3 Å². The van der Waals surface area contributed by atoms with Gasteiger partial charge in [-0.3, -0.25) is 4.90 Å². The molecule has 2 saturated heterocycles. The van der Waals surface area contributed by atoms with Crippen molar-refractivity contribution in [1.29, 1.82) is 0 Å². The predicted molar refractivity (Wildman–Crippen MR) is 111 cm³/mol. The minimum absolute atomic E-state index is 0.626. The number of morpholine rings is 1. The summed E-state index contributed by atoms with van der Waals surface area (Å²) >= 11 is 0. The van der Waals surface area contributed by atoms with E-state index in [1.165, 1.54) is 17.5 Å². The van der Waals surface area contributed by atoms with Crippen LogP contribution in [0.2, 0.25) is 0 Å². The first-order valence-electron chi connectivity index (χ1n) is 10.2. The Balaban J connectivity index is 1.61. The Morgan fingerprint density at radius 1 is 1.22 bits per heavy atom. The first kappa shape index (κ1) is 20.1. The highest BCUT2D eigenvalue weighted by atomic mass is 16.5. The van der Waals surface area contributed by atoms with Crippen LogP contribution in [0.4, 0.5) is 0 Å². The molecule has 150 valence electrons. The normalized spacial score (nSPS) is 21.9. The molecule has 2 fully saturated rings. The second-order valence-electron chi connectivity index (χ2n) is 7.76. The Labute approximate surface area is 164 Å². The Kier molecular flexibility index (Phi) is 7.50. The van der Waals surface area contributed by atoms with Crippen molar-refractivity contribution in [2.75, 3.05) is 60.0 Å². The van der Waals surface area contributed by atoms with Crippen molar-refractivity contribution in [2.24, 2.45) is 4.99 Å². The van der Waals surface area contributed by atoms with E-state index in [4.69, 9.17) is 9.73 Å². The molecule has 1 N–H and O–H groups in total. The largest absolute Gasteiger partial charge is 0.379 e. The van der Waals surface area contributed by atoms with E-state index >= 15 is 0 Å². The summed E-state index contributed by atoms with van der Waals surface area (Å²) < 4.78 is 5.50. The number of nitrogens with zero attached hydrogens (tertiary/aromatic N) is 4. The molecule has 0 radical (unpaired) electrons. The molecule has 2 heterocycles. The van der Waals surface area contributed by atoms with E-state index in [2.05, 4.69) is 65.3 Å². The molecular weight excluding hydrogens is 338 g/mol. The highest BCUT2D eigenvalue weighted by Gasteiger charge is 2.30. The summed E-state index contributed by atoms with van der Waals surface area (Å²) in [6.07, 6.45) is 1.21. The van der Waals surface area contributed by atoms with E-state index in [0.717, 1.165) is 65.0 Å². The van der Waals surface area contributed by atoms with Crippen LogP contribution in [0, 0.1) is 0 Å². The Morgan fingerprint density at radius 2 is 2.00 bits per heavy atom. The molecule has 27 heavy (non-hydrogen) atoms. The van der Waals surface area contributed by atoms with Crippen molar-refractivity contribution >= 4 is 5.96 Å². The fourth-order valence-corrected chi connectivity index (χ4v) is 3.96. The highest BCUT2D eigenvalue weighted by molar-refractivity contribution is 5.80. The maximum atomic E-state index is 5.50. The average molecular weight is 374 g/mol. The Morgan fingerprint density at radius 3 is 2.74 bits per heavy atom. The van der Waals surface area contributed by atoms with Crippen molar-refractivity contribution in [3.8, 4) is 0 Å². The van der Waals surface area contributed by atoms with Gasteiger partial charge in [0.05, 0.1) is 19.8 Å². The van der Waals surface area contributed by atoms with E-state index in [0.29, 0.717) is 6.04 Å². The zero-order valence-corrected chi connectivity index (χ0v) is 17.2. The lowest BCUT2D eigenvalue weighted by atomic mass is 10.1. The standard InChI is InChI=1S/C21H35N5O/c1-4-22-21(23-15-18-6-5-7-19(14-18)16-24(2)3)26-9-8-20(17-26)25-10-12-27-13-11-25/h5-7,14,20H,4,8-13,15-17H2,1-3H3,(H,22,23). The quantitative estimate of drug-likeness (QED) is 0.606. The van der Waals surface area contributed by atoms with Gasteiger partial charge < -0.3 is 19.9 Å². The number of benzene rings is 1. The van der Waals surface area contributed by atoms with E-state index in [-0.39, 0.29) is 0 Å². The lowest BCUT2D eigenvalue weighted by Crippen LogP contribution is -2.46. The number of ether oxygens (including phenoxy) is 1. The van der Waals surface area contributed by atoms with Gasteiger partial charge in [0, 0.05) is 45.3 Å². The van der Waals surface area contributed by atoms with Crippen LogP contribution in [-0.4, -0.2) is 86.7 Å². The molecule has 0 aliphatic carbocycles. The lowest BCUT2D eigenvalue weighted by molar-refractivity contribution is 0.0195. The second kappa shape index (κ2) is 10.1. The molecule has 2 aliphatic heterocycles. The number of hydrogen-bond donors (Lipinski definition) is 1. The van der Waals surface area contributed by atoms with Crippen LogP contribution in [0.15, 0.2) is 29.3 Å². The summed E-state index contributed by atoms with van der Waals surface area (Å²) in [6.45, 7) is 10.7. The summed E-state index contributed by atoms with van der Waals surface area (Å²) in [4.78, 5) is 12.1. The summed E-state index contributed by atoms with van der Waals surface area (Å²) in [7, 11) is 4.21. The van der Waals surface area contributed by atoms with Gasteiger partial charge in [-0.05, 0) is 38.6 Å². The molecule has 0 aromatic heterocycles. The molecule has 3 rings (SSSR count). The monoisotopic (exact) mass is 373 g/mol. The number of guanidine groups is 1. The summed E-state index contributed by atoms with van der Waals surface area (Å²) in [6, 6.07) is 9.40. The van der Waals surface area contributed by atoms with Crippen LogP contribution in [0.1, 0.15) is 24.5 Å². The first-order valence-corrected chi connectivity index (χ1v) is 10.2. The zero-order valence-electron chi connectivity index (χ0n) is 17.2. The van der Waals surface area contributed by atoms with Gasteiger partial charge in [-0.2, -0.15) is 0 Å². The van der Waals surface area contributed by atoms with Gasteiger partial charge in [-0.15, -0.1) is 0 Å². The summed E-state index contributed by atoms with van der Waals surface area (Å²) in [5.74, 6) is 1.05. The molecule has 1 atom stereocenters. The third kappa shape index (κ3) is 5.92. The van der Waals surface area contributed by atoms with Gasteiger partial charge in [0.2, 0.25) is 0 Å². The third-order valence-electron chi connectivity index (χ3n) is 5.26. The molecule has 1 aromatic rings. The van der Waals surface area contributed by atoms with E-state index < -0.39 is 0 Å². The SMILES string of the molecule is CCNC(=NCc1cccc(CN(C)C)c1)N1CCC(N2CCOCC2)C1. The smallest absolute Gasteiger partial charge is 0.194 e. The second-order valence-corrected chi connectivity index (χ2v) is 7.76. The molecule has 1 aromatic carbocycles. The maximum absolute atomic E-state index is 5.50. The first-order chi connectivity index (χ1) is 13.2. The van der Waals surface area contributed by atoms with E-state index in [9.17, 15) is 0 Å². The molecule has 6 nitrogen and oxygen atoms in total. The van der Waals surface area contributed by atoms with Gasteiger partial charge in [0.1, 0.15) is 0 Å². The van der Waals surface area contributed by atoms with Crippen molar-refractivity contribution in [3.63, 3.8) is 0 Å². The number of nitrogens with one attached hydrogen (secondary N) is 1. The minimum Gasteiger partial charge on any atom is -0.379 e. The molecule has 6 heteroatoms. The van der Waals surface area contributed by atoms with Crippen LogP contribution in [0.5, 0.6) is 0 Å². The zero-order chi connectivity index (χ0) is 19.1. The Hall–Kier alpha value is -1.63. The van der Waals surface area contributed by atoms with Gasteiger partial charge in [0.15, 0.2) is 5.96 Å². The van der Waals surface area contributed by atoms with Crippen molar-refractivity contribution in [2.45, 2.75) is 32.5 Å². The third-order valence-corrected chi connectivity index (χ3v) is 5.26. The predicted octanol–water partition coefficient (Wildman–Crippen LogP) is 1.62. The van der Waals surface area contributed by atoms with Gasteiger partial charge in [-0.25, -0.2) is 4.99 Å². The van der Waals surface area contributed by atoms with Gasteiger partial charge >= 0.3 is 0 Å². The molecule has 0 bridgehead atoms. The summed E-state index contributed by atoms with van der Waals surface area (Å²) in [5.41, 5.74) is 2.61. The van der Waals surface area contributed by atoms with Crippen LogP contribution in [0.25, 0.3) is 0 Å². The summed E-state index contributed by atoms with van der Waals surface area (Å²) in [5, 5.41) is 3.49. The maximum Gasteiger partial charge on any atom is 0.194 e. The lowest BCUT2D eigenvalue weighted by Gasteiger charge is -2.32. The number of aliphatic imine (C=N–C) groups is 1. The molecule has 0 amide bonds. The van der Waals surface area contributed by atoms with E-state index in [1.54, 1.807) is 0 Å². The van der Waals surface area contributed by atoms with Gasteiger partial charge in [0.25, 0.3) is 0 Å². The molecule has 2 aliphatic rings. The van der Waals surface area contributed by atoms with Crippen LogP contribution in [0.3, 0.4) is 0 Å². The van der Waals surface area contributed by atoms with Crippen LogP contribution < -0.4 is 5.32 Å². The molecule has 0 saturated carbocycles. The van der Waals surface area contributed by atoms with E-state index in [1.807, 2.05) is 0 Å². The van der Waals surface area contributed by atoms with Crippen LogP contribution in [-0.2, 0) is 17.8 Å². The van der Waals surface area contributed by atoms with Gasteiger partial charge in [-0.1, -0.05) is 24.3 Å².